The van der Waals surface area contributed by atoms with Crippen LogP contribution < -0.4 is 10.5 Å². The predicted octanol–water partition coefficient (Wildman–Crippen LogP) is -0.858. The normalized spacial score (nSPS) is 12.6. The van der Waals surface area contributed by atoms with Crippen LogP contribution in [-0.4, -0.2) is 44.5 Å². The molecule has 0 saturated heterocycles. The largest absolute Gasteiger partial charge is 0.480 e. The van der Waals surface area contributed by atoms with E-state index in [1.54, 1.807) is 0 Å². The third-order valence-corrected chi connectivity index (χ3v) is 4.83. The minimum Gasteiger partial charge on any atom is -0.480 e. The quantitative estimate of drug-likeness (QED) is 0.548. The van der Waals surface area contributed by atoms with E-state index < -0.39 is 45.2 Å². The van der Waals surface area contributed by atoms with Crippen molar-refractivity contribution in [1.82, 2.24) is 4.72 Å². The van der Waals surface area contributed by atoms with E-state index in [9.17, 15) is 22.8 Å². The molecule has 116 valence electrons. The first-order chi connectivity index (χ1) is 9.69. The molecule has 11 heteroatoms. The maximum absolute atomic E-state index is 12.1. The zero-order valence-corrected chi connectivity index (χ0v) is 12.4. The molecule has 0 aliphatic heterocycles. The molecule has 9 nitrogen and oxygen atoms in total. The van der Waals surface area contributed by atoms with E-state index in [1.165, 1.54) is 5.38 Å². The number of amides is 1. The monoisotopic (exact) mass is 336 g/mol. The fourth-order valence-electron chi connectivity index (χ4n) is 1.38. The van der Waals surface area contributed by atoms with Crippen LogP contribution in [0, 0.1) is 0 Å². The third-order valence-electron chi connectivity index (χ3n) is 2.29. The van der Waals surface area contributed by atoms with Crippen molar-refractivity contribution in [2.75, 3.05) is 7.11 Å². The highest BCUT2D eigenvalue weighted by Crippen LogP contribution is 2.23. The van der Waals surface area contributed by atoms with Crippen molar-refractivity contribution in [2.45, 2.75) is 17.4 Å². The first-order valence-electron chi connectivity index (χ1n) is 5.38. The van der Waals surface area contributed by atoms with E-state index in [1.807, 2.05) is 4.72 Å². The van der Waals surface area contributed by atoms with Gasteiger partial charge in [-0.1, -0.05) is 0 Å². The molecule has 0 fully saturated rings. The number of carbonyl (C=O) groups excluding carboxylic acids is 2. The Bertz CT molecular complexity index is 665. The second-order valence-electron chi connectivity index (χ2n) is 3.79. The van der Waals surface area contributed by atoms with Crippen LogP contribution in [-0.2, 0) is 24.3 Å². The standard InChI is InChI=1S/C10H12N2O7S2/c1-19-10(16)8-6(2-3-20-8)21(17,18)12-5(9(14)15)4-7(11)13/h2-3,5,12H,4H2,1H3,(H2,11,13)(H,14,15)/t5-/m1/s1. The lowest BCUT2D eigenvalue weighted by Crippen LogP contribution is -2.43. The molecular formula is C10H12N2O7S2. The number of esters is 1. The molecule has 0 aliphatic carbocycles. The average molecular weight is 336 g/mol. The molecule has 1 heterocycles. The Kier molecular flexibility index (Phi) is 5.41. The van der Waals surface area contributed by atoms with Crippen molar-refractivity contribution < 1.29 is 32.6 Å². The zero-order chi connectivity index (χ0) is 16.2. The number of primary amides is 1. The highest BCUT2D eigenvalue weighted by molar-refractivity contribution is 7.89. The number of rotatable bonds is 7. The van der Waals surface area contributed by atoms with Gasteiger partial charge in [-0.2, -0.15) is 4.72 Å². The molecule has 1 amide bonds. The lowest BCUT2D eigenvalue weighted by Gasteiger charge is -2.13. The van der Waals surface area contributed by atoms with Crippen molar-refractivity contribution in [3.05, 3.63) is 16.3 Å². The van der Waals surface area contributed by atoms with E-state index in [0.717, 1.165) is 24.5 Å². The number of methoxy groups -OCH3 is 1. The SMILES string of the molecule is COC(=O)c1sccc1S(=O)(=O)N[C@H](CC(N)=O)C(=O)O. The lowest BCUT2D eigenvalue weighted by molar-refractivity contribution is -0.140. The molecule has 0 spiro atoms. The molecule has 0 radical (unpaired) electrons. The Hall–Kier alpha value is -1.98. The summed E-state index contributed by atoms with van der Waals surface area (Å²) in [6, 6.07) is -0.597. The van der Waals surface area contributed by atoms with Crippen molar-refractivity contribution >= 4 is 39.2 Å². The number of carbonyl (C=O) groups is 3. The summed E-state index contributed by atoms with van der Waals surface area (Å²) in [5, 5.41) is 10.2. The summed E-state index contributed by atoms with van der Waals surface area (Å²) >= 11 is 0.826. The van der Waals surface area contributed by atoms with E-state index in [0.29, 0.717) is 0 Å². The molecule has 0 saturated carbocycles. The Morgan fingerprint density at radius 1 is 1.48 bits per heavy atom. The van der Waals surface area contributed by atoms with Crippen LogP contribution >= 0.6 is 11.3 Å². The van der Waals surface area contributed by atoms with Crippen molar-refractivity contribution in [3.63, 3.8) is 0 Å². The fraction of sp³-hybridized carbons (Fsp3) is 0.300. The average Bonchev–Trinajstić information content (AvgIpc) is 2.86. The molecule has 1 atom stereocenters. The van der Waals surface area contributed by atoms with E-state index in [4.69, 9.17) is 10.8 Å². The summed E-state index contributed by atoms with van der Waals surface area (Å²) in [5.41, 5.74) is 4.86. The Labute approximate surface area is 123 Å². The number of sulfonamides is 1. The minimum atomic E-state index is -4.32. The van der Waals surface area contributed by atoms with Crippen molar-refractivity contribution in [1.29, 1.82) is 0 Å². The van der Waals surface area contributed by atoms with Gasteiger partial charge in [-0.05, 0) is 11.4 Å². The number of aliphatic carboxylic acids is 1. The predicted molar refractivity (Wildman–Crippen MR) is 71.2 cm³/mol. The number of carboxylic acid groups (broad SMARTS) is 1. The Balaban J connectivity index is 3.11. The fourth-order valence-corrected chi connectivity index (χ4v) is 3.91. The molecule has 0 aromatic carbocycles. The summed E-state index contributed by atoms with van der Waals surface area (Å²) in [7, 11) is -3.24. The van der Waals surface area contributed by atoms with Crippen LogP contribution in [0.3, 0.4) is 0 Å². The van der Waals surface area contributed by atoms with Gasteiger partial charge >= 0.3 is 11.9 Å². The van der Waals surface area contributed by atoms with Gasteiger partial charge in [0.1, 0.15) is 15.8 Å². The molecule has 0 aliphatic rings. The Morgan fingerprint density at radius 2 is 2.10 bits per heavy atom. The van der Waals surface area contributed by atoms with Gasteiger partial charge in [0.2, 0.25) is 15.9 Å². The van der Waals surface area contributed by atoms with Crippen LogP contribution in [0.2, 0.25) is 0 Å². The van der Waals surface area contributed by atoms with Gasteiger partial charge in [0.05, 0.1) is 13.5 Å². The zero-order valence-electron chi connectivity index (χ0n) is 10.7. The number of nitrogens with one attached hydrogen (secondary N) is 1. The molecule has 4 N–H and O–H groups in total. The summed E-state index contributed by atoms with van der Waals surface area (Å²) in [5.74, 6) is -3.41. The minimum absolute atomic E-state index is 0.201. The van der Waals surface area contributed by atoms with Crippen molar-refractivity contribution in [3.8, 4) is 0 Å². The molecule has 0 bridgehead atoms. The van der Waals surface area contributed by atoms with Gasteiger partial charge in [-0.15, -0.1) is 11.3 Å². The summed E-state index contributed by atoms with van der Waals surface area (Å²) in [6.07, 6.45) is -0.716. The number of carboxylic acids is 1. The highest BCUT2D eigenvalue weighted by Gasteiger charge is 2.30. The van der Waals surface area contributed by atoms with Gasteiger partial charge in [0, 0.05) is 0 Å². The summed E-state index contributed by atoms with van der Waals surface area (Å²) < 4.78 is 30.5. The van der Waals surface area contributed by atoms with Crippen LogP contribution in [0.5, 0.6) is 0 Å². The van der Waals surface area contributed by atoms with Gasteiger partial charge in [0.15, 0.2) is 0 Å². The number of nitrogens with two attached hydrogens (primary N) is 1. The van der Waals surface area contributed by atoms with Crippen LogP contribution in [0.25, 0.3) is 0 Å². The molecular weight excluding hydrogens is 324 g/mol. The van der Waals surface area contributed by atoms with E-state index >= 15 is 0 Å². The van der Waals surface area contributed by atoms with Crippen LogP contribution in [0.15, 0.2) is 16.3 Å². The van der Waals surface area contributed by atoms with Gasteiger partial charge < -0.3 is 15.6 Å². The highest BCUT2D eigenvalue weighted by atomic mass is 32.2. The second-order valence-corrected chi connectivity index (χ2v) is 6.39. The summed E-state index contributed by atoms with van der Waals surface area (Å²) in [4.78, 5) is 32.5. The van der Waals surface area contributed by atoms with Crippen LogP contribution in [0.4, 0.5) is 0 Å². The third kappa shape index (κ3) is 4.24. The van der Waals surface area contributed by atoms with E-state index in [2.05, 4.69) is 4.74 Å². The van der Waals surface area contributed by atoms with E-state index in [-0.39, 0.29) is 4.88 Å². The molecule has 1 rings (SSSR count). The van der Waals surface area contributed by atoms with Crippen LogP contribution in [0.1, 0.15) is 16.1 Å². The molecule has 0 unspecified atom stereocenters. The number of hydrogen-bond acceptors (Lipinski definition) is 7. The van der Waals surface area contributed by atoms with Crippen molar-refractivity contribution in [2.24, 2.45) is 5.73 Å². The lowest BCUT2D eigenvalue weighted by atomic mass is 10.2. The second kappa shape index (κ2) is 6.65. The molecule has 1 aromatic rings. The summed E-state index contributed by atoms with van der Waals surface area (Å²) in [6.45, 7) is 0. The first-order valence-corrected chi connectivity index (χ1v) is 7.74. The smallest absolute Gasteiger partial charge is 0.349 e. The number of ether oxygens (including phenoxy) is 1. The molecule has 21 heavy (non-hydrogen) atoms. The van der Waals surface area contributed by atoms with Gasteiger partial charge in [-0.3, -0.25) is 9.59 Å². The van der Waals surface area contributed by atoms with Gasteiger partial charge in [0.25, 0.3) is 0 Å². The maximum atomic E-state index is 12.1. The number of thiophene rings is 1. The van der Waals surface area contributed by atoms with Gasteiger partial charge in [-0.25, -0.2) is 13.2 Å². The number of hydrogen-bond donors (Lipinski definition) is 3. The molecule has 1 aromatic heterocycles. The maximum Gasteiger partial charge on any atom is 0.349 e. The topological polar surface area (TPSA) is 153 Å². The Morgan fingerprint density at radius 3 is 2.57 bits per heavy atom. The first kappa shape index (κ1) is 17.1.